The van der Waals surface area contributed by atoms with Gasteiger partial charge in [-0.05, 0) is 31.3 Å². The Morgan fingerprint density at radius 1 is 1.43 bits per heavy atom. The van der Waals surface area contributed by atoms with Gasteiger partial charge in [-0.1, -0.05) is 19.6 Å². The fraction of sp³-hybridized carbons (Fsp3) is 0.583. The molecule has 2 nitrogen and oxygen atoms in total. The molecule has 2 heteroatoms. The predicted octanol–water partition coefficient (Wildman–Crippen LogP) is 3.10. The zero-order valence-electron chi connectivity index (χ0n) is 9.38. The summed E-state index contributed by atoms with van der Waals surface area (Å²) >= 11 is 0. The lowest BCUT2D eigenvalue weighted by Gasteiger charge is -2.18. The minimum Gasteiger partial charge on any atom is -0.458 e. The van der Waals surface area contributed by atoms with Gasteiger partial charge in [-0.25, -0.2) is 0 Å². The third-order valence-electron chi connectivity index (χ3n) is 2.14. The average molecular weight is 196 g/mol. The highest BCUT2D eigenvalue weighted by molar-refractivity contribution is 5.66. The first-order valence-electron chi connectivity index (χ1n) is 4.92. The van der Waals surface area contributed by atoms with E-state index in [0.29, 0.717) is 5.92 Å². The topological polar surface area (TPSA) is 26.3 Å². The zero-order chi connectivity index (χ0) is 11.1. The van der Waals surface area contributed by atoms with Crippen LogP contribution in [-0.2, 0) is 9.53 Å². The average Bonchev–Trinajstić information content (AvgIpc) is 2.10. The Labute approximate surface area is 86.6 Å². The highest BCUT2D eigenvalue weighted by Crippen LogP contribution is 2.15. The fourth-order valence-corrected chi connectivity index (χ4v) is 1.14. The normalized spacial score (nSPS) is 14.2. The van der Waals surface area contributed by atoms with Gasteiger partial charge in [0.05, 0.1) is 0 Å². The molecule has 0 aliphatic rings. The second-order valence-corrected chi connectivity index (χ2v) is 3.73. The fourth-order valence-electron chi connectivity index (χ4n) is 1.14. The van der Waals surface area contributed by atoms with Gasteiger partial charge in [-0.2, -0.15) is 0 Å². The lowest BCUT2D eigenvalue weighted by atomic mass is 10.0. The Balaban J connectivity index is 4.03. The van der Waals surface area contributed by atoms with Crippen LogP contribution in [0.4, 0.5) is 0 Å². The zero-order valence-corrected chi connectivity index (χ0v) is 9.38. The van der Waals surface area contributed by atoms with Gasteiger partial charge in [0, 0.05) is 6.92 Å². The summed E-state index contributed by atoms with van der Waals surface area (Å²) in [5, 5.41) is 0. The van der Waals surface area contributed by atoms with Gasteiger partial charge in [0.15, 0.2) is 0 Å². The Morgan fingerprint density at radius 3 is 2.36 bits per heavy atom. The van der Waals surface area contributed by atoms with E-state index in [1.54, 1.807) is 0 Å². The summed E-state index contributed by atoms with van der Waals surface area (Å²) in [5.74, 6) is 0.205. The summed E-state index contributed by atoms with van der Waals surface area (Å²) in [6.07, 6.45) is 3.55. The second-order valence-electron chi connectivity index (χ2n) is 3.73. The molecule has 0 bridgehead atoms. The molecule has 0 N–H and O–H groups in total. The largest absolute Gasteiger partial charge is 0.458 e. The molecule has 0 saturated heterocycles. The van der Waals surface area contributed by atoms with E-state index in [4.69, 9.17) is 4.74 Å². The number of rotatable bonds is 6. The van der Waals surface area contributed by atoms with Crippen LogP contribution in [-0.4, -0.2) is 12.1 Å². The second kappa shape index (κ2) is 6.41. The van der Waals surface area contributed by atoms with Crippen molar-refractivity contribution in [2.24, 2.45) is 5.92 Å². The summed E-state index contributed by atoms with van der Waals surface area (Å²) in [5.41, 5.74) is 0.900. The van der Waals surface area contributed by atoms with E-state index in [0.717, 1.165) is 18.4 Å². The third kappa shape index (κ3) is 5.57. The first kappa shape index (κ1) is 12.9. The Kier molecular flexibility index (Phi) is 5.93. The molecule has 0 saturated carbocycles. The van der Waals surface area contributed by atoms with E-state index >= 15 is 0 Å². The standard InChI is InChI=1S/C12H20O2/c1-6-10(4)7-8-12(9(2)3)14-11(5)13/h6,10,12H,1-2,7-8H2,3-5H3. The summed E-state index contributed by atoms with van der Waals surface area (Å²) in [7, 11) is 0. The van der Waals surface area contributed by atoms with Gasteiger partial charge in [0.1, 0.15) is 6.10 Å². The Hall–Kier alpha value is -1.05. The summed E-state index contributed by atoms with van der Waals surface area (Å²) in [6.45, 7) is 12.9. The van der Waals surface area contributed by atoms with Crippen molar-refractivity contribution in [3.8, 4) is 0 Å². The molecule has 0 aromatic heterocycles. The first-order chi connectivity index (χ1) is 6.47. The molecule has 0 aromatic carbocycles. The molecule has 0 amide bonds. The van der Waals surface area contributed by atoms with Crippen LogP contribution in [0.5, 0.6) is 0 Å². The molecule has 0 heterocycles. The lowest BCUT2D eigenvalue weighted by Crippen LogP contribution is -2.17. The molecule has 0 rings (SSSR count). The van der Waals surface area contributed by atoms with Crippen LogP contribution in [0.1, 0.15) is 33.6 Å². The molecule has 0 fully saturated rings. The summed E-state index contributed by atoms with van der Waals surface area (Å²) in [6, 6.07) is 0. The van der Waals surface area contributed by atoms with Crippen molar-refractivity contribution in [1.29, 1.82) is 0 Å². The van der Waals surface area contributed by atoms with Crippen molar-refractivity contribution in [3.63, 3.8) is 0 Å². The van der Waals surface area contributed by atoms with Crippen LogP contribution in [0.2, 0.25) is 0 Å². The molecular formula is C12H20O2. The Bertz CT molecular complexity index is 218. The van der Waals surface area contributed by atoms with Gasteiger partial charge in [0.25, 0.3) is 0 Å². The number of allylic oxidation sites excluding steroid dienone is 1. The van der Waals surface area contributed by atoms with Crippen molar-refractivity contribution in [3.05, 3.63) is 24.8 Å². The Morgan fingerprint density at radius 2 is 2.00 bits per heavy atom. The maximum Gasteiger partial charge on any atom is 0.303 e. The van der Waals surface area contributed by atoms with E-state index in [1.807, 2.05) is 13.0 Å². The van der Waals surface area contributed by atoms with Crippen LogP contribution in [0.25, 0.3) is 0 Å². The summed E-state index contributed by atoms with van der Waals surface area (Å²) in [4.78, 5) is 10.8. The van der Waals surface area contributed by atoms with Crippen LogP contribution in [0.3, 0.4) is 0 Å². The number of hydrogen-bond acceptors (Lipinski definition) is 2. The number of carbonyl (C=O) groups excluding carboxylic acids is 1. The van der Waals surface area contributed by atoms with Crippen molar-refractivity contribution in [2.45, 2.75) is 39.7 Å². The molecule has 2 unspecified atom stereocenters. The smallest absolute Gasteiger partial charge is 0.303 e. The molecule has 0 aliphatic carbocycles. The number of esters is 1. The predicted molar refractivity (Wildman–Crippen MR) is 59.0 cm³/mol. The van der Waals surface area contributed by atoms with E-state index in [9.17, 15) is 4.79 Å². The number of carbonyl (C=O) groups is 1. The first-order valence-corrected chi connectivity index (χ1v) is 4.92. The quantitative estimate of drug-likeness (QED) is 0.482. The van der Waals surface area contributed by atoms with Crippen LogP contribution in [0, 0.1) is 5.92 Å². The lowest BCUT2D eigenvalue weighted by molar-refractivity contribution is -0.144. The van der Waals surface area contributed by atoms with Crippen molar-refractivity contribution < 1.29 is 9.53 Å². The van der Waals surface area contributed by atoms with Crippen molar-refractivity contribution in [1.82, 2.24) is 0 Å². The minimum atomic E-state index is -0.246. The van der Waals surface area contributed by atoms with Crippen LogP contribution in [0.15, 0.2) is 24.8 Å². The molecule has 14 heavy (non-hydrogen) atoms. The molecule has 0 radical (unpaired) electrons. The van der Waals surface area contributed by atoms with Crippen LogP contribution < -0.4 is 0 Å². The van der Waals surface area contributed by atoms with E-state index in [2.05, 4.69) is 20.1 Å². The molecule has 2 atom stereocenters. The molecule has 0 aliphatic heterocycles. The highest BCUT2D eigenvalue weighted by Gasteiger charge is 2.13. The highest BCUT2D eigenvalue weighted by atomic mass is 16.5. The van der Waals surface area contributed by atoms with Crippen molar-refractivity contribution in [2.75, 3.05) is 0 Å². The summed E-state index contributed by atoms with van der Waals surface area (Å²) < 4.78 is 5.13. The number of hydrogen-bond donors (Lipinski definition) is 0. The monoisotopic (exact) mass is 196 g/mol. The van der Waals surface area contributed by atoms with E-state index < -0.39 is 0 Å². The SMILES string of the molecule is C=CC(C)CCC(OC(C)=O)C(=C)C. The maximum atomic E-state index is 10.8. The van der Waals surface area contributed by atoms with Gasteiger partial charge in [0.2, 0.25) is 0 Å². The number of ether oxygens (including phenoxy) is 1. The van der Waals surface area contributed by atoms with Gasteiger partial charge in [-0.3, -0.25) is 4.79 Å². The van der Waals surface area contributed by atoms with Gasteiger partial charge in [-0.15, -0.1) is 6.58 Å². The van der Waals surface area contributed by atoms with E-state index in [1.165, 1.54) is 6.92 Å². The van der Waals surface area contributed by atoms with Crippen LogP contribution >= 0.6 is 0 Å². The molecule has 0 spiro atoms. The van der Waals surface area contributed by atoms with E-state index in [-0.39, 0.29) is 12.1 Å². The molecule has 0 aromatic rings. The minimum absolute atomic E-state index is 0.144. The van der Waals surface area contributed by atoms with Gasteiger partial charge >= 0.3 is 5.97 Å². The van der Waals surface area contributed by atoms with Gasteiger partial charge < -0.3 is 4.74 Å². The third-order valence-corrected chi connectivity index (χ3v) is 2.14. The molecular weight excluding hydrogens is 176 g/mol. The van der Waals surface area contributed by atoms with Crippen molar-refractivity contribution >= 4 is 5.97 Å². The molecule has 80 valence electrons. The maximum absolute atomic E-state index is 10.8.